The van der Waals surface area contributed by atoms with E-state index in [1.807, 2.05) is 6.07 Å². The molecule has 0 unspecified atom stereocenters. The van der Waals surface area contributed by atoms with Crippen molar-refractivity contribution in [2.45, 2.75) is 49.9 Å². The molecule has 3 heterocycles. The molecule has 0 bridgehead atoms. The van der Waals surface area contributed by atoms with Crippen LogP contribution in [0.2, 0.25) is 5.02 Å². The normalized spacial score (nSPS) is 21.8. The van der Waals surface area contributed by atoms with E-state index in [-0.39, 0.29) is 24.7 Å². The summed E-state index contributed by atoms with van der Waals surface area (Å²) in [5.41, 5.74) is -0.958. The number of rotatable bonds is 5. The van der Waals surface area contributed by atoms with Crippen LogP contribution in [0, 0.1) is 12.3 Å². The van der Waals surface area contributed by atoms with Crippen molar-refractivity contribution in [2.75, 3.05) is 11.4 Å². The van der Waals surface area contributed by atoms with E-state index in [4.69, 9.17) is 18.0 Å². The van der Waals surface area contributed by atoms with Crippen molar-refractivity contribution in [2.24, 2.45) is 0 Å². The molecule has 3 atom stereocenters. The predicted molar refractivity (Wildman–Crippen MR) is 140 cm³/mol. The van der Waals surface area contributed by atoms with E-state index in [0.29, 0.717) is 33.6 Å². The summed E-state index contributed by atoms with van der Waals surface area (Å²) >= 11 is 6.22. The first-order chi connectivity index (χ1) is 17.5. The number of halogens is 2. The number of benzene rings is 2. The lowest BCUT2D eigenvalue weighted by Crippen LogP contribution is -2.54. The third-order valence-electron chi connectivity index (χ3n) is 7.04. The minimum absolute atomic E-state index is 0.166. The number of aromatic amines is 1. The van der Waals surface area contributed by atoms with Gasteiger partial charge in [-0.1, -0.05) is 47.9 Å². The van der Waals surface area contributed by atoms with Gasteiger partial charge in [0.05, 0.1) is 27.7 Å². The quantitative estimate of drug-likeness (QED) is 0.445. The molecule has 7 nitrogen and oxygen atoms in total. The first-order valence-corrected chi connectivity index (χ1v) is 12.4. The van der Waals surface area contributed by atoms with Crippen molar-refractivity contribution in [1.29, 1.82) is 0 Å². The Morgan fingerprint density at radius 2 is 2.05 bits per heavy atom. The molecule has 2 aromatic carbocycles. The second-order valence-corrected chi connectivity index (χ2v) is 10.6. The number of fused-ring (bicyclic) bond motifs is 3. The first kappa shape index (κ1) is 25.0. The highest BCUT2D eigenvalue weighted by Crippen LogP contribution is 2.47. The number of carbonyl (C=O) groups excluding carboxylic acids is 3. The smallest absolute Gasteiger partial charge is 0.268 e. The van der Waals surface area contributed by atoms with E-state index in [2.05, 4.69) is 21.5 Å². The highest BCUT2D eigenvalue weighted by molar-refractivity contribution is 6.35. The fourth-order valence-electron chi connectivity index (χ4n) is 5.33. The zero-order valence-corrected chi connectivity index (χ0v) is 21.2. The number of anilines is 1. The lowest BCUT2D eigenvalue weighted by atomic mass is 9.79. The molecular weight excluding hydrogens is 495 g/mol. The van der Waals surface area contributed by atoms with Gasteiger partial charge >= 0.3 is 0 Å². The Balaban J connectivity index is 1.49. The molecule has 9 heteroatoms. The molecule has 3 aromatic rings. The van der Waals surface area contributed by atoms with E-state index >= 15 is 0 Å². The number of imide groups is 1. The summed E-state index contributed by atoms with van der Waals surface area (Å²) < 4.78 is 14.9. The van der Waals surface area contributed by atoms with E-state index in [0.717, 1.165) is 4.90 Å². The van der Waals surface area contributed by atoms with Crippen molar-refractivity contribution in [3.8, 4) is 12.3 Å². The largest absolute Gasteiger partial charge is 0.349 e. The van der Waals surface area contributed by atoms with Gasteiger partial charge in [-0.25, -0.2) is 9.29 Å². The van der Waals surface area contributed by atoms with E-state index in [9.17, 15) is 18.8 Å². The summed E-state index contributed by atoms with van der Waals surface area (Å²) in [5.74, 6) is 0.890. The van der Waals surface area contributed by atoms with Gasteiger partial charge in [-0.2, -0.15) is 0 Å². The first-order valence-electron chi connectivity index (χ1n) is 12.0. The Kier molecular flexibility index (Phi) is 6.09. The van der Waals surface area contributed by atoms with Crippen LogP contribution in [-0.4, -0.2) is 47.0 Å². The molecule has 0 saturated carbocycles. The summed E-state index contributed by atoms with van der Waals surface area (Å²) in [6, 6.07) is 12.2. The van der Waals surface area contributed by atoms with Gasteiger partial charge in [0.1, 0.15) is 17.4 Å². The lowest BCUT2D eigenvalue weighted by molar-refractivity contribution is -0.130. The summed E-state index contributed by atoms with van der Waals surface area (Å²) in [5, 5.41) is 6.98. The number of hydrogen-bond donors (Lipinski definition) is 3. The van der Waals surface area contributed by atoms with Gasteiger partial charge in [0.15, 0.2) is 0 Å². The highest BCUT2D eigenvalue weighted by Gasteiger charge is 2.56. The average molecular weight is 521 g/mol. The molecule has 0 radical (unpaired) electrons. The second kappa shape index (κ2) is 9.02. The molecule has 5 rings (SSSR count). The van der Waals surface area contributed by atoms with Crippen LogP contribution in [0.5, 0.6) is 0 Å². The van der Waals surface area contributed by atoms with Gasteiger partial charge in [-0.3, -0.25) is 14.4 Å². The third-order valence-corrected chi connectivity index (χ3v) is 7.36. The molecule has 37 heavy (non-hydrogen) atoms. The second-order valence-electron chi connectivity index (χ2n) is 10.2. The summed E-state index contributed by atoms with van der Waals surface area (Å²) in [6.07, 6.45) is 5.61. The molecule has 1 spiro atoms. The average Bonchev–Trinajstić information content (AvgIpc) is 3.54. The van der Waals surface area contributed by atoms with Gasteiger partial charge in [-0.15, -0.1) is 6.42 Å². The fraction of sp³-hybridized carbons (Fsp3) is 0.321. The van der Waals surface area contributed by atoms with Crippen molar-refractivity contribution in [3.05, 3.63) is 64.8 Å². The minimum atomic E-state index is -1.80. The number of carbonyl (C=O) groups is 3. The molecule has 1 saturated heterocycles. The Hall–Kier alpha value is -3.67. The Bertz CT molecular complexity index is 1470. The van der Waals surface area contributed by atoms with Gasteiger partial charge in [-0.05, 0) is 44.0 Å². The molecule has 0 aliphatic carbocycles. The summed E-state index contributed by atoms with van der Waals surface area (Å²) in [4.78, 5) is 45.0. The molecule has 2 aliphatic rings. The number of para-hydroxylation sites is 2. The minimum Gasteiger partial charge on any atom is -0.349 e. The number of nitrogens with one attached hydrogen (secondary N) is 3. The van der Waals surface area contributed by atoms with E-state index < -0.39 is 34.8 Å². The van der Waals surface area contributed by atoms with Crippen LogP contribution in [0.4, 0.5) is 10.1 Å². The standard InChI is InChI=1S/C28H26ClFN4O3/c1-4-17-13-28(15-31-17)18-9-5-6-11-22(18)34(26(28)37)25(36)21(14-27(2,3)30)33-24(35)20-12-16-8-7-10-19(29)23(16)32-20/h1,5-12,17,21,31-32H,13-15H2,2-3H3,(H,33,35)/t17-,21+,28+/m1/s1. The number of terminal acetylenes is 1. The topological polar surface area (TPSA) is 94.3 Å². The Labute approximate surface area is 218 Å². The van der Waals surface area contributed by atoms with Crippen LogP contribution < -0.4 is 15.5 Å². The van der Waals surface area contributed by atoms with Crippen LogP contribution in [-0.2, 0) is 15.0 Å². The maximum absolute atomic E-state index is 14.9. The fourth-order valence-corrected chi connectivity index (χ4v) is 5.55. The van der Waals surface area contributed by atoms with Crippen molar-refractivity contribution >= 4 is 45.9 Å². The summed E-state index contributed by atoms with van der Waals surface area (Å²) in [6.45, 7) is 2.92. The SMILES string of the molecule is C#C[C@@H]1C[C@@]2(CN1)C(=O)N(C(=O)[C@H](CC(C)(C)F)NC(=O)c1cc3cccc(Cl)c3[nH]1)c1ccccc12. The van der Waals surface area contributed by atoms with Crippen molar-refractivity contribution < 1.29 is 18.8 Å². The molecule has 190 valence electrons. The number of H-pyrrole nitrogens is 1. The molecule has 1 fully saturated rings. The van der Waals surface area contributed by atoms with Crippen LogP contribution in [0.25, 0.3) is 10.9 Å². The third kappa shape index (κ3) is 4.28. The van der Waals surface area contributed by atoms with Gasteiger partial charge in [0.25, 0.3) is 11.8 Å². The van der Waals surface area contributed by atoms with E-state index in [1.54, 1.807) is 42.5 Å². The zero-order chi connectivity index (χ0) is 26.5. The number of aromatic nitrogens is 1. The van der Waals surface area contributed by atoms with E-state index in [1.165, 1.54) is 13.8 Å². The molecular formula is C28H26ClFN4O3. The Morgan fingerprint density at radius 1 is 1.30 bits per heavy atom. The Morgan fingerprint density at radius 3 is 2.73 bits per heavy atom. The van der Waals surface area contributed by atoms with Crippen LogP contribution in [0.3, 0.4) is 0 Å². The maximum atomic E-state index is 14.9. The van der Waals surface area contributed by atoms with Crippen LogP contribution in [0.15, 0.2) is 48.5 Å². The molecule has 1 aromatic heterocycles. The molecule has 3 amide bonds. The van der Waals surface area contributed by atoms with Crippen molar-refractivity contribution in [1.82, 2.24) is 15.6 Å². The molecule has 3 N–H and O–H groups in total. The van der Waals surface area contributed by atoms with Crippen LogP contribution in [0.1, 0.15) is 42.7 Å². The van der Waals surface area contributed by atoms with Crippen molar-refractivity contribution in [3.63, 3.8) is 0 Å². The number of hydrogen-bond acceptors (Lipinski definition) is 4. The predicted octanol–water partition coefficient (Wildman–Crippen LogP) is 3.86. The van der Waals surface area contributed by atoms with Gasteiger partial charge in [0.2, 0.25) is 5.91 Å². The van der Waals surface area contributed by atoms with Gasteiger partial charge in [0, 0.05) is 18.4 Å². The van der Waals surface area contributed by atoms with Gasteiger partial charge < -0.3 is 15.6 Å². The molecule has 2 aliphatic heterocycles. The summed E-state index contributed by atoms with van der Waals surface area (Å²) in [7, 11) is 0. The van der Waals surface area contributed by atoms with Crippen LogP contribution >= 0.6 is 11.6 Å². The maximum Gasteiger partial charge on any atom is 0.268 e. The monoisotopic (exact) mass is 520 g/mol. The zero-order valence-electron chi connectivity index (χ0n) is 20.4. The number of nitrogens with zero attached hydrogens (tertiary/aromatic N) is 1. The number of amides is 3. The lowest BCUT2D eigenvalue weighted by Gasteiger charge is -2.28. The highest BCUT2D eigenvalue weighted by atomic mass is 35.5. The number of alkyl halides is 1.